The molecule has 1 rings (SSSR count). The summed E-state index contributed by atoms with van der Waals surface area (Å²) < 4.78 is 28.0. The Morgan fingerprint density at radius 2 is 1.05 bits per heavy atom. The molecule has 0 aliphatic rings. The number of alkyl carbamates (subject to hydrolysis) is 3. The standard InChI is InChI=1S/C30H50N6O8/c1-19-21(16-32-25(37)42-28(3,4)5)20(2)23(18-34-27(39)44-30(9,10)11)24(41-15-14-40-13-12-35-36-31)22(19)17-33-26(38)43-29(6,7)8/h12-18H2,1-11H3,(H,32,37)(H,33,38)(H,34,39). The van der Waals surface area contributed by atoms with Crippen molar-refractivity contribution in [1.82, 2.24) is 16.0 Å². The number of hydrogen-bond acceptors (Lipinski definition) is 9. The highest BCUT2D eigenvalue weighted by Crippen LogP contribution is 2.34. The van der Waals surface area contributed by atoms with E-state index in [0.717, 1.165) is 16.7 Å². The van der Waals surface area contributed by atoms with Gasteiger partial charge in [-0.05, 0) is 98.4 Å². The van der Waals surface area contributed by atoms with E-state index < -0.39 is 35.1 Å². The Kier molecular flexibility index (Phi) is 14.6. The number of nitrogens with one attached hydrogen (secondary N) is 3. The van der Waals surface area contributed by atoms with Crippen LogP contribution in [0.5, 0.6) is 5.75 Å². The molecule has 0 bridgehead atoms. The van der Waals surface area contributed by atoms with Gasteiger partial charge >= 0.3 is 18.3 Å². The van der Waals surface area contributed by atoms with Crippen molar-refractivity contribution in [2.75, 3.05) is 26.4 Å². The molecule has 1 aromatic carbocycles. The van der Waals surface area contributed by atoms with Gasteiger partial charge < -0.3 is 39.6 Å². The van der Waals surface area contributed by atoms with Gasteiger partial charge in [-0.25, -0.2) is 14.4 Å². The second-order valence-corrected chi connectivity index (χ2v) is 13.0. The van der Waals surface area contributed by atoms with Gasteiger partial charge in [-0.2, -0.15) is 0 Å². The maximum atomic E-state index is 12.6. The van der Waals surface area contributed by atoms with Crippen LogP contribution in [-0.4, -0.2) is 61.4 Å². The maximum Gasteiger partial charge on any atom is 0.407 e. The van der Waals surface area contributed by atoms with E-state index in [-0.39, 0.29) is 46.0 Å². The highest BCUT2D eigenvalue weighted by atomic mass is 16.6. The van der Waals surface area contributed by atoms with Crippen molar-refractivity contribution in [3.63, 3.8) is 0 Å². The molecule has 14 nitrogen and oxygen atoms in total. The summed E-state index contributed by atoms with van der Waals surface area (Å²) in [4.78, 5) is 40.4. The van der Waals surface area contributed by atoms with E-state index in [2.05, 4.69) is 26.0 Å². The van der Waals surface area contributed by atoms with Crippen molar-refractivity contribution in [2.45, 2.75) is 113 Å². The summed E-state index contributed by atoms with van der Waals surface area (Å²) in [5, 5.41) is 11.8. The fourth-order valence-corrected chi connectivity index (χ4v) is 3.91. The number of nitrogens with zero attached hydrogens (tertiary/aromatic N) is 3. The third kappa shape index (κ3) is 15.0. The predicted octanol–water partition coefficient (Wildman–Crippen LogP) is 6.08. The summed E-state index contributed by atoms with van der Waals surface area (Å²) in [6.07, 6.45) is -1.82. The fourth-order valence-electron chi connectivity index (χ4n) is 3.91. The molecule has 0 saturated carbocycles. The van der Waals surface area contributed by atoms with E-state index in [9.17, 15) is 14.4 Å². The zero-order valence-corrected chi connectivity index (χ0v) is 28.1. The monoisotopic (exact) mass is 622 g/mol. The highest BCUT2D eigenvalue weighted by Gasteiger charge is 2.25. The predicted molar refractivity (Wildman–Crippen MR) is 165 cm³/mol. The molecular weight excluding hydrogens is 572 g/mol. The van der Waals surface area contributed by atoms with Crippen molar-refractivity contribution in [2.24, 2.45) is 5.11 Å². The molecule has 0 spiro atoms. The lowest BCUT2D eigenvalue weighted by Crippen LogP contribution is -2.34. The number of azide groups is 1. The normalized spacial score (nSPS) is 11.6. The van der Waals surface area contributed by atoms with Gasteiger partial charge in [0.15, 0.2) is 0 Å². The maximum absolute atomic E-state index is 12.6. The summed E-state index contributed by atoms with van der Waals surface area (Å²) in [6.45, 7) is 20.6. The summed E-state index contributed by atoms with van der Waals surface area (Å²) in [6, 6.07) is 0. The molecule has 0 atom stereocenters. The topological polar surface area (TPSA) is 182 Å². The number of carbonyl (C=O) groups is 3. The minimum Gasteiger partial charge on any atom is -0.490 e. The summed E-state index contributed by atoms with van der Waals surface area (Å²) in [7, 11) is 0. The second kappa shape index (κ2) is 16.8. The van der Waals surface area contributed by atoms with E-state index in [4.69, 9.17) is 29.2 Å². The van der Waals surface area contributed by atoms with Gasteiger partial charge in [-0.3, -0.25) is 0 Å². The van der Waals surface area contributed by atoms with Crippen LogP contribution in [0.25, 0.3) is 10.4 Å². The first-order valence-corrected chi connectivity index (χ1v) is 14.5. The van der Waals surface area contributed by atoms with Crippen LogP contribution in [0, 0.1) is 13.8 Å². The van der Waals surface area contributed by atoms with Gasteiger partial charge in [0, 0.05) is 29.1 Å². The second-order valence-electron chi connectivity index (χ2n) is 13.0. The first-order valence-electron chi connectivity index (χ1n) is 14.5. The summed E-state index contributed by atoms with van der Waals surface area (Å²) >= 11 is 0. The Hall–Kier alpha value is -3.90. The molecule has 14 heteroatoms. The first-order chi connectivity index (χ1) is 20.2. The number of amides is 3. The van der Waals surface area contributed by atoms with Crippen LogP contribution < -0.4 is 20.7 Å². The van der Waals surface area contributed by atoms with Crippen LogP contribution in [0.3, 0.4) is 0 Å². The van der Waals surface area contributed by atoms with Crippen LogP contribution in [-0.2, 0) is 38.6 Å². The van der Waals surface area contributed by atoms with Crippen molar-refractivity contribution >= 4 is 18.3 Å². The molecule has 44 heavy (non-hydrogen) atoms. The van der Waals surface area contributed by atoms with Crippen LogP contribution in [0.2, 0.25) is 0 Å². The largest absolute Gasteiger partial charge is 0.490 e. The number of carbonyl (C=O) groups excluding carboxylic acids is 3. The van der Waals surface area contributed by atoms with Gasteiger partial charge in [-0.1, -0.05) is 5.11 Å². The van der Waals surface area contributed by atoms with Crippen molar-refractivity contribution in [3.8, 4) is 5.75 Å². The summed E-state index contributed by atoms with van der Waals surface area (Å²) in [5.41, 5.74) is 9.88. The number of hydrogen-bond donors (Lipinski definition) is 3. The molecule has 3 amide bonds. The molecule has 248 valence electrons. The van der Waals surface area contributed by atoms with Gasteiger partial charge in [-0.15, -0.1) is 0 Å². The summed E-state index contributed by atoms with van der Waals surface area (Å²) in [5.74, 6) is 0.437. The Morgan fingerprint density at radius 1 is 0.659 bits per heavy atom. The molecule has 0 aliphatic heterocycles. The molecule has 0 fully saturated rings. The zero-order chi connectivity index (χ0) is 33.7. The van der Waals surface area contributed by atoms with Crippen LogP contribution in [0.1, 0.15) is 90.1 Å². The lowest BCUT2D eigenvalue weighted by Gasteiger charge is -2.26. The number of rotatable bonds is 13. The van der Waals surface area contributed by atoms with Gasteiger partial charge in [0.05, 0.1) is 26.3 Å². The van der Waals surface area contributed by atoms with Crippen LogP contribution >= 0.6 is 0 Å². The van der Waals surface area contributed by atoms with Gasteiger partial charge in [0.1, 0.15) is 29.2 Å². The van der Waals surface area contributed by atoms with E-state index in [0.29, 0.717) is 16.9 Å². The van der Waals surface area contributed by atoms with Crippen molar-refractivity contribution < 1.29 is 38.1 Å². The smallest absolute Gasteiger partial charge is 0.407 e. The van der Waals surface area contributed by atoms with Crippen LogP contribution in [0.4, 0.5) is 14.4 Å². The van der Waals surface area contributed by atoms with E-state index in [1.807, 2.05) is 13.8 Å². The highest BCUT2D eigenvalue weighted by molar-refractivity contribution is 5.70. The average molecular weight is 623 g/mol. The van der Waals surface area contributed by atoms with Gasteiger partial charge in [0.2, 0.25) is 0 Å². The van der Waals surface area contributed by atoms with E-state index >= 15 is 0 Å². The molecule has 0 saturated heterocycles. The van der Waals surface area contributed by atoms with Crippen molar-refractivity contribution in [3.05, 3.63) is 38.3 Å². The van der Waals surface area contributed by atoms with Gasteiger partial charge in [0.25, 0.3) is 0 Å². The minimum absolute atomic E-state index is 0.0347. The Morgan fingerprint density at radius 3 is 1.41 bits per heavy atom. The Balaban J connectivity index is 3.53. The molecule has 0 aliphatic carbocycles. The van der Waals surface area contributed by atoms with E-state index in [1.165, 1.54) is 0 Å². The third-order valence-corrected chi connectivity index (χ3v) is 5.66. The molecule has 0 aromatic heterocycles. The average Bonchev–Trinajstić information content (AvgIpc) is 2.84. The Bertz CT molecular complexity index is 1130. The lowest BCUT2D eigenvalue weighted by atomic mass is 9.91. The Labute approximate surface area is 260 Å². The van der Waals surface area contributed by atoms with Crippen molar-refractivity contribution in [1.29, 1.82) is 0 Å². The fraction of sp³-hybridized carbons (Fsp3) is 0.700. The number of ether oxygens (including phenoxy) is 5. The number of benzene rings is 1. The lowest BCUT2D eigenvalue weighted by molar-refractivity contribution is 0.0512. The van der Waals surface area contributed by atoms with Crippen LogP contribution in [0.15, 0.2) is 5.11 Å². The van der Waals surface area contributed by atoms with E-state index in [1.54, 1.807) is 62.3 Å². The minimum atomic E-state index is -0.705. The molecule has 1 aromatic rings. The SMILES string of the molecule is Cc1c(CNC(=O)OC(C)(C)C)c(C)c(CNC(=O)OC(C)(C)C)c(OCCOCCN=[N+]=[N-])c1CNC(=O)OC(C)(C)C. The molecule has 0 heterocycles. The quantitative estimate of drug-likeness (QED) is 0.0777. The molecule has 3 N–H and O–H groups in total. The zero-order valence-electron chi connectivity index (χ0n) is 28.1. The molecule has 0 unspecified atom stereocenters. The third-order valence-electron chi connectivity index (χ3n) is 5.66. The first kappa shape index (κ1) is 38.1. The molecular formula is C30H50N6O8. The molecule has 0 radical (unpaired) electrons.